The van der Waals surface area contributed by atoms with E-state index < -0.39 is 0 Å². The van der Waals surface area contributed by atoms with Gasteiger partial charge in [0.2, 0.25) is 0 Å². The molecule has 0 bridgehead atoms. The molecule has 0 saturated carbocycles. The molecule has 0 aliphatic heterocycles. The molecule has 0 aliphatic carbocycles. The van der Waals surface area contributed by atoms with Crippen LogP contribution in [-0.2, 0) is 0 Å². The van der Waals surface area contributed by atoms with Gasteiger partial charge in [-0.15, -0.1) is 56.7 Å². The smallest absolute Gasteiger partial charge is 0.161 e. The number of thiophene rings is 5. The van der Waals surface area contributed by atoms with Crippen molar-refractivity contribution in [1.29, 1.82) is 0 Å². The maximum Gasteiger partial charge on any atom is 0.161 e. The van der Waals surface area contributed by atoms with Gasteiger partial charge in [-0.2, -0.15) is 0 Å². The standard InChI is InChI=1S/2C46H28N2S2.C34H22N2S/c1-3-13-29(14-4-1)40-28-41(30-15-5-2-6-16-30)48-46(47-40)33-26-31(34-19-11-21-38-36-17-7-9-23-42(36)49-44(34)38)25-32(27-33)35-20-12-22-39-37-18-8-10-24-43(37)50-45(35)39;1-3-13-29(14-4-1)31-25-32(30-15-5-2-6-16-30)27-33(26-31)40-28-41(38-21-11-19-36-34-17-7-9-23-42(34)49-44(36)38)48-46(47-40)39-22-12-20-37-35-18-8-10-24-43(35)50-45(37)39;1-3-10-23(11-4-1)25-18-26(24-12-5-2-6-13-24)20-27(19-25)34-35-21-28(22-36-34)29-15-9-16-31-30-14-7-8-17-32(30)37-33(29)31/h2*1-28H;1-22H. The molecule has 0 fully saturated rings. The largest absolute Gasteiger partial charge is 0.236 e. The molecule has 11 heteroatoms. The van der Waals surface area contributed by atoms with E-state index in [0.717, 1.165) is 112 Å². The van der Waals surface area contributed by atoms with Gasteiger partial charge in [-0.25, -0.2) is 29.9 Å². The van der Waals surface area contributed by atoms with Crippen LogP contribution < -0.4 is 0 Å². The zero-order valence-electron chi connectivity index (χ0n) is 73.8. The topological polar surface area (TPSA) is 77.3 Å². The van der Waals surface area contributed by atoms with Crippen LogP contribution in [0, 0.1) is 0 Å². The Kier molecular flexibility index (Phi) is 21.5. The van der Waals surface area contributed by atoms with Gasteiger partial charge in [0.1, 0.15) is 0 Å². The number of benzene rings is 19. The second-order valence-corrected chi connectivity index (χ2v) is 39.5. The summed E-state index contributed by atoms with van der Waals surface area (Å²) >= 11 is 9.20. The fourth-order valence-electron chi connectivity index (χ4n) is 19.1. The van der Waals surface area contributed by atoms with Gasteiger partial charge >= 0.3 is 0 Å². The lowest BCUT2D eigenvalue weighted by Gasteiger charge is -2.14. The summed E-state index contributed by atoms with van der Waals surface area (Å²) in [5.74, 6) is 2.17. The van der Waals surface area contributed by atoms with Gasteiger partial charge in [0, 0.05) is 163 Å². The van der Waals surface area contributed by atoms with Gasteiger partial charge < -0.3 is 0 Å². The minimum atomic E-state index is 0.709. The van der Waals surface area contributed by atoms with Crippen LogP contribution in [0.3, 0.4) is 0 Å². The van der Waals surface area contributed by atoms with Crippen molar-refractivity contribution in [3.05, 3.63) is 473 Å². The van der Waals surface area contributed by atoms with Crippen LogP contribution in [-0.4, -0.2) is 29.9 Å². The number of hydrogen-bond acceptors (Lipinski definition) is 11. The highest BCUT2D eigenvalue weighted by Crippen LogP contribution is 2.49. The first-order valence-corrected chi connectivity index (χ1v) is 49.9. The molecule has 642 valence electrons. The van der Waals surface area contributed by atoms with E-state index in [2.05, 4.69) is 437 Å². The first-order chi connectivity index (χ1) is 67.9. The molecule has 0 aliphatic rings. The number of hydrogen-bond donors (Lipinski definition) is 0. The molecule has 0 saturated heterocycles. The van der Waals surface area contributed by atoms with Gasteiger partial charge in [-0.3, -0.25) is 0 Å². The van der Waals surface area contributed by atoms with E-state index in [1.54, 1.807) is 0 Å². The van der Waals surface area contributed by atoms with Gasteiger partial charge in [-0.1, -0.05) is 358 Å². The number of nitrogens with zero attached hydrogens (tertiary/aromatic N) is 6. The maximum atomic E-state index is 5.41. The molecule has 0 N–H and O–H groups in total. The Labute approximate surface area is 811 Å². The quantitative estimate of drug-likeness (QED) is 0.108. The Morgan fingerprint density at radius 2 is 0.365 bits per heavy atom. The fraction of sp³-hybridized carbons (Fsp3) is 0. The molecule has 0 spiro atoms. The van der Waals surface area contributed by atoms with Gasteiger partial charge in [0.05, 0.1) is 22.8 Å². The van der Waals surface area contributed by atoms with E-state index in [1.165, 1.54) is 140 Å². The molecule has 0 amide bonds. The molecule has 137 heavy (non-hydrogen) atoms. The van der Waals surface area contributed by atoms with Gasteiger partial charge in [-0.05, 0) is 170 Å². The molecular weight excluding hydrogens is 1760 g/mol. The molecule has 0 unspecified atom stereocenters. The van der Waals surface area contributed by atoms with E-state index >= 15 is 0 Å². The molecule has 8 heterocycles. The van der Waals surface area contributed by atoms with Gasteiger partial charge in [0.15, 0.2) is 17.5 Å². The third-order valence-electron chi connectivity index (χ3n) is 25.8. The SMILES string of the molecule is c1ccc(-c2cc(-c3ccccc3)cc(-c3cc(-c4cccc5c4sc4ccccc45)nc(-c4cccc5c4sc4ccccc45)n3)c2)cc1.c1ccc(-c2cc(-c3ccccc3)cc(-c3ncc(-c4cccc5c4sc4ccccc45)cn3)c2)cc1.c1ccc(-c2cc(-c3ccccc3)nc(-c3cc(-c4cccc5c4sc4ccccc45)cc(-c4cccc5c4sc4ccccc45)c3)n2)cc1. The van der Waals surface area contributed by atoms with E-state index in [0.29, 0.717) is 5.82 Å². The fourth-order valence-corrected chi connectivity index (χ4v) is 25.3. The molecule has 6 nitrogen and oxygen atoms in total. The Bertz CT molecular complexity index is 8440. The summed E-state index contributed by atoms with van der Waals surface area (Å²) in [4.78, 5) is 31.0. The van der Waals surface area contributed by atoms with Crippen LogP contribution in [0.4, 0.5) is 0 Å². The molecule has 0 atom stereocenters. The highest BCUT2D eigenvalue weighted by Gasteiger charge is 2.24. The van der Waals surface area contributed by atoms with Crippen LogP contribution in [0.2, 0.25) is 0 Å². The molecule has 27 aromatic rings. The summed E-state index contributed by atoms with van der Waals surface area (Å²) in [5, 5.41) is 12.8. The lowest BCUT2D eigenvalue weighted by Crippen LogP contribution is -1.97. The van der Waals surface area contributed by atoms with Crippen LogP contribution in [0.15, 0.2) is 473 Å². The average molecular weight is 1840 g/mol. The molecule has 19 aromatic carbocycles. The maximum absolute atomic E-state index is 5.41. The van der Waals surface area contributed by atoms with Crippen molar-refractivity contribution in [2.75, 3.05) is 0 Å². The van der Waals surface area contributed by atoms with Gasteiger partial charge in [0.25, 0.3) is 0 Å². The zero-order valence-corrected chi connectivity index (χ0v) is 77.8. The Hall–Kier alpha value is -16.5. The number of rotatable bonds is 14. The minimum Gasteiger partial charge on any atom is -0.236 e. The van der Waals surface area contributed by atoms with Crippen molar-refractivity contribution in [2.45, 2.75) is 0 Å². The zero-order chi connectivity index (χ0) is 90.6. The minimum absolute atomic E-state index is 0.709. The first kappa shape index (κ1) is 82.4. The summed E-state index contributed by atoms with van der Waals surface area (Å²) in [5.41, 5.74) is 27.3. The van der Waals surface area contributed by atoms with Crippen molar-refractivity contribution >= 4 is 158 Å². The van der Waals surface area contributed by atoms with Crippen molar-refractivity contribution in [3.8, 4) is 157 Å². The Morgan fingerprint density at radius 3 is 0.730 bits per heavy atom. The highest BCUT2D eigenvalue weighted by atomic mass is 32.1. The van der Waals surface area contributed by atoms with E-state index in [-0.39, 0.29) is 0 Å². The van der Waals surface area contributed by atoms with E-state index in [9.17, 15) is 0 Å². The van der Waals surface area contributed by atoms with Crippen LogP contribution in [0.5, 0.6) is 0 Å². The van der Waals surface area contributed by atoms with Crippen LogP contribution in [0.25, 0.3) is 258 Å². The Balaban J connectivity index is 0.000000111. The summed E-state index contributed by atoms with van der Waals surface area (Å²) in [7, 11) is 0. The average Bonchev–Trinajstić information content (AvgIpc) is 1.62. The molecule has 0 radical (unpaired) electrons. The lowest BCUT2D eigenvalue weighted by atomic mass is 9.94. The molecular formula is C126H78N6S5. The number of aromatic nitrogens is 6. The Morgan fingerprint density at radius 1 is 0.131 bits per heavy atom. The third-order valence-corrected chi connectivity index (χ3v) is 31.9. The summed E-state index contributed by atoms with van der Waals surface area (Å²) in [6.07, 6.45) is 3.91. The van der Waals surface area contributed by atoms with Crippen molar-refractivity contribution in [2.24, 2.45) is 0 Å². The molecule has 27 rings (SSSR count). The highest BCUT2D eigenvalue weighted by molar-refractivity contribution is 7.28. The van der Waals surface area contributed by atoms with E-state index in [4.69, 9.17) is 29.9 Å². The second-order valence-electron chi connectivity index (χ2n) is 34.2. The first-order valence-electron chi connectivity index (χ1n) is 45.8. The van der Waals surface area contributed by atoms with Crippen molar-refractivity contribution in [1.82, 2.24) is 29.9 Å². The number of fused-ring (bicyclic) bond motifs is 15. The van der Waals surface area contributed by atoms with Crippen LogP contribution >= 0.6 is 56.7 Å². The second kappa shape index (κ2) is 35.8. The normalized spacial score (nSPS) is 11.5. The van der Waals surface area contributed by atoms with Crippen molar-refractivity contribution < 1.29 is 0 Å². The summed E-state index contributed by atoms with van der Waals surface area (Å²) in [6, 6.07) is 164. The third kappa shape index (κ3) is 15.9. The summed E-state index contributed by atoms with van der Waals surface area (Å²) in [6.45, 7) is 0. The predicted octanol–water partition coefficient (Wildman–Crippen LogP) is 36.6. The summed E-state index contributed by atoms with van der Waals surface area (Å²) < 4.78 is 12.8. The lowest BCUT2D eigenvalue weighted by molar-refractivity contribution is 1.18. The van der Waals surface area contributed by atoms with Crippen molar-refractivity contribution in [3.63, 3.8) is 0 Å². The molecule has 8 aromatic heterocycles. The van der Waals surface area contributed by atoms with E-state index in [1.807, 2.05) is 93.3 Å². The predicted molar refractivity (Wildman–Crippen MR) is 587 cm³/mol. The monoisotopic (exact) mass is 1830 g/mol. The van der Waals surface area contributed by atoms with Crippen LogP contribution in [0.1, 0.15) is 0 Å².